The fraction of sp³-hybridized carbons (Fsp3) is 0.786. The van der Waals surface area contributed by atoms with E-state index in [4.69, 9.17) is 5.11 Å². The molecule has 20 heavy (non-hydrogen) atoms. The molecule has 114 valence electrons. The van der Waals surface area contributed by atoms with E-state index in [1.54, 1.807) is 4.90 Å². The van der Waals surface area contributed by atoms with Gasteiger partial charge in [0.15, 0.2) is 0 Å². The van der Waals surface area contributed by atoms with Crippen molar-refractivity contribution in [3.05, 3.63) is 0 Å². The molecule has 2 amide bonds. The van der Waals surface area contributed by atoms with Gasteiger partial charge >= 0.3 is 5.97 Å². The molecule has 0 radical (unpaired) electrons. The minimum atomic E-state index is -0.843. The molecule has 6 heteroatoms. The number of hydrogen-bond donors (Lipinski definition) is 2. The molecule has 0 aromatic rings. The van der Waals surface area contributed by atoms with Crippen molar-refractivity contribution in [1.29, 1.82) is 0 Å². The Morgan fingerprint density at radius 2 is 1.90 bits per heavy atom. The number of hydrogen-bond acceptors (Lipinski definition) is 3. The molecule has 0 bridgehead atoms. The summed E-state index contributed by atoms with van der Waals surface area (Å²) < 4.78 is 0. The number of carboxylic acids is 1. The zero-order chi connectivity index (χ0) is 15.3. The van der Waals surface area contributed by atoms with E-state index in [1.165, 1.54) is 0 Å². The quantitative estimate of drug-likeness (QED) is 0.757. The smallest absolute Gasteiger partial charge is 0.308 e. The number of amides is 2. The van der Waals surface area contributed by atoms with Crippen molar-refractivity contribution in [1.82, 2.24) is 10.2 Å². The Balaban J connectivity index is 2.31. The van der Waals surface area contributed by atoms with Crippen LogP contribution >= 0.6 is 0 Å². The first kappa shape index (κ1) is 16.5. The van der Waals surface area contributed by atoms with E-state index < -0.39 is 11.9 Å². The first-order valence-electron chi connectivity index (χ1n) is 7.11. The van der Waals surface area contributed by atoms with E-state index in [-0.39, 0.29) is 30.3 Å². The summed E-state index contributed by atoms with van der Waals surface area (Å²) in [5.74, 6) is -1.43. The summed E-state index contributed by atoms with van der Waals surface area (Å²) in [6.45, 7) is 6.41. The van der Waals surface area contributed by atoms with E-state index in [0.29, 0.717) is 25.8 Å². The summed E-state index contributed by atoms with van der Waals surface area (Å²) >= 11 is 0. The predicted molar refractivity (Wildman–Crippen MR) is 74.0 cm³/mol. The van der Waals surface area contributed by atoms with Crippen LogP contribution < -0.4 is 5.32 Å². The SMILES string of the molecule is CC(C)NC(=O)CCCC(=O)N1C[C@@H](C)[C@H](C(=O)O)C1. The third kappa shape index (κ3) is 4.83. The largest absolute Gasteiger partial charge is 0.481 e. The van der Waals surface area contributed by atoms with Gasteiger partial charge in [-0.05, 0) is 26.2 Å². The average Bonchev–Trinajstić information content (AvgIpc) is 2.70. The van der Waals surface area contributed by atoms with Crippen LogP contribution in [-0.4, -0.2) is 46.9 Å². The summed E-state index contributed by atoms with van der Waals surface area (Å²) in [5, 5.41) is 11.8. The van der Waals surface area contributed by atoms with Crippen molar-refractivity contribution in [2.45, 2.75) is 46.1 Å². The molecule has 1 aliphatic rings. The van der Waals surface area contributed by atoms with Gasteiger partial charge in [-0.25, -0.2) is 0 Å². The summed E-state index contributed by atoms with van der Waals surface area (Å²) in [7, 11) is 0. The van der Waals surface area contributed by atoms with Gasteiger partial charge in [-0.2, -0.15) is 0 Å². The molecule has 0 unspecified atom stereocenters. The highest BCUT2D eigenvalue weighted by Gasteiger charge is 2.36. The molecule has 0 aromatic carbocycles. The van der Waals surface area contributed by atoms with Crippen molar-refractivity contribution >= 4 is 17.8 Å². The number of nitrogens with zero attached hydrogens (tertiary/aromatic N) is 1. The molecule has 0 spiro atoms. The monoisotopic (exact) mass is 284 g/mol. The van der Waals surface area contributed by atoms with Crippen LogP contribution in [0.4, 0.5) is 0 Å². The minimum absolute atomic E-state index is 0.0133. The molecular weight excluding hydrogens is 260 g/mol. The van der Waals surface area contributed by atoms with Gasteiger partial charge in [-0.1, -0.05) is 6.92 Å². The molecule has 1 aliphatic heterocycles. The molecule has 1 rings (SSSR count). The van der Waals surface area contributed by atoms with E-state index in [0.717, 1.165) is 0 Å². The van der Waals surface area contributed by atoms with Crippen molar-refractivity contribution < 1.29 is 19.5 Å². The molecule has 1 fully saturated rings. The van der Waals surface area contributed by atoms with Crippen LogP contribution in [0.5, 0.6) is 0 Å². The summed E-state index contributed by atoms with van der Waals surface area (Å²) in [6.07, 6.45) is 1.13. The van der Waals surface area contributed by atoms with Crippen molar-refractivity contribution in [3.8, 4) is 0 Å². The van der Waals surface area contributed by atoms with Gasteiger partial charge in [0.05, 0.1) is 5.92 Å². The fourth-order valence-corrected chi connectivity index (χ4v) is 2.44. The van der Waals surface area contributed by atoms with Crippen molar-refractivity contribution in [2.24, 2.45) is 11.8 Å². The number of aliphatic carboxylic acids is 1. The molecular formula is C14H24N2O4. The van der Waals surface area contributed by atoms with Gasteiger partial charge in [0, 0.05) is 32.0 Å². The highest BCUT2D eigenvalue weighted by Crippen LogP contribution is 2.23. The summed E-state index contributed by atoms with van der Waals surface area (Å²) in [5.41, 5.74) is 0. The Morgan fingerprint density at radius 1 is 1.25 bits per heavy atom. The molecule has 1 heterocycles. The first-order chi connectivity index (χ1) is 9.31. The van der Waals surface area contributed by atoms with Crippen LogP contribution in [0, 0.1) is 11.8 Å². The Kier molecular flexibility index (Phi) is 5.98. The van der Waals surface area contributed by atoms with Crippen LogP contribution in [-0.2, 0) is 14.4 Å². The van der Waals surface area contributed by atoms with E-state index in [2.05, 4.69) is 5.32 Å². The predicted octanol–water partition coefficient (Wildman–Crippen LogP) is 0.860. The van der Waals surface area contributed by atoms with Gasteiger partial charge in [0.1, 0.15) is 0 Å². The van der Waals surface area contributed by atoms with Crippen LogP contribution in [0.3, 0.4) is 0 Å². The van der Waals surface area contributed by atoms with Crippen LogP contribution in [0.2, 0.25) is 0 Å². The average molecular weight is 284 g/mol. The number of nitrogens with one attached hydrogen (secondary N) is 1. The third-order valence-corrected chi connectivity index (χ3v) is 3.53. The van der Waals surface area contributed by atoms with Gasteiger partial charge in [-0.15, -0.1) is 0 Å². The molecule has 6 nitrogen and oxygen atoms in total. The molecule has 0 aromatic heterocycles. The number of carboxylic acid groups (broad SMARTS) is 1. The second kappa shape index (κ2) is 7.26. The topological polar surface area (TPSA) is 86.7 Å². The highest BCUT2D eigenvalue weighted by molar-refractivity contribution is 5.80. The summed E-state index contributed by atoms with van der Waals surface area (Å²) in [6, 6.07) is 0.106. The first-order valence-corrected chi connectivity index (χ1v) is 7.11. The van der Waals surface area contributed by atoms with Crippen molar-refractivity contribution in [3.63, 3.8) is 0 Å². The van der Waals surface area contributed by atoms with Gasteiger partial charge in [0.25, 0.3) is 0 Å². The number of likely N-dealkylation sites (tertiary alicyclic amines) is 1. The van der Waals surface area contributed by atoms with Crippen molar-refractivity contribution in [2.75, 3.05) is 13.1 Å². The normalized spacial score (nSPS) is 22.1. The lowest BCUT2D eigenvalue weighted by molar-refractivity contribution is -0.142. The van der Waals surface area contributed by atoms with Crippen LogP contribution in [0.1, 0.15) is 40.0 Å². The molecule has 2 N–H and O–H groups in total. The Morgan fingerprint density at radius 3 is 2.40 bits per heavy atom. The number of carbonyl (C=O) groups excluding carboxylic acids is 2. The molecule has 2 atom stereocenters. The van der Waals surface area contributed by atoms with Gasteiger partial charge in [0.2, 0.25) is 11.8 Å². The lowest BCUT2D eigenvalue weighted by Gasteiger charge is -2.15. The Bertz CT molecular complexity index is 381. The maximum atomic E-state index is 12.0. The van der Waals surface area contributed by atoms with E-state index >= 15 is 0 Å². The lowest BCUT2D eigenvalue weighted by atomic mass is 9.99. The molecule has 0 saturated carbocycles. The summed E-state index contributed by atoms with van der Waals surface area (Å²) in [4.78, 5) is 36.0. The standard InChI is InChI=1S/C14H24N2O4/c1-9(2)15-12(17)5-4-6-13(18)16-7-10(3)11(8-16)14(19)20/h9-11H,4-8H2,1-3H3,(H,15,17)(H,19,20)/t10-,11-/m1/s1. The second-order valence-corrected chi connectivity index (χ2v) is 5.80. The number of carbonyl (C=O) groups is 3. The minimum Gasteiger partial charge on any atom is -0.481 e. The lowest BCUT2D eigenvalue weighted by Crippen LogP contribution is -2.31. The molecule has 0 aliphatic carbocycles. The Hall–Kier alpha value is -1.59. The maximum absolute atomic E-state index is 12.0. The van der Waals surface area contributed by atoms with Gasteiger partial charge in [-0.3, -0.25) is 14.4 Å². The zero-order valence-electron chi connectivity index (χ0n) is 12.4. The number of rotatable bonds is 6. The van der Waals surface area contributed by atoms with E-state index in [1.807, 2.05) is 20.8 Å². The third-order valence-electron chi connectivity index (χ3n) is 3.53. The van der Waals surface area contributed by atoms with E-state index in [9.17, 15) is 14.4 Å². The van der Waals surface area contributed by atoms with Crippen LogP contribution in [0.25, 0.3) is 0 Å². The zero-order valence-corrected chi connectivity index (χ0v) is 12.4. The second-order valence-electron chi connectivity index (χ2n) is 5.80. The van der Waals surface area contributed by atoms with Gasteiger partial charge < -0.3 is 15.3 Å². The maximum Gasteiger partial charge on any atom is 0.308 e. The van der Waals surface area contributed by atoms with Crippen LogP contribution in [0.15, 0.2) is 0 Å². The molecule has 1 saturated heterocycles. The Labute approximate surface area is 119 Å². The fourth-order valence-electron chi connectivity index (χ4n) is 2.44. The highest BCUT2D eigenvalue weighted by atomic mass is 16.4.